The van der Waals surface area contributed by atoms with Gasteiger partial charge in [0.15, 0.2) is 0 Å². The van der Waals surface area contributed by atoms with Gasteiger partial charge in [0.05, 0.1) is 16.6 Å². The first kappa shape index (κ1) is 25.3. The molecule has 0 aliphatic rings. The monoisotopic (exact) mass is 534 g/mol. The molecule has 0 unspecified atom stereocenters. The molecule has 41 heavy (non-hydrogen) atoms. The van der Waals surface area contributed by atoms with E-state index >= 15 is 0 Å². The first-order chi connectivity index (χ1) is 19.8. The number of aromatic amines is 1. The Morgan fingerprint density at radius 3 is 2.15 bits per heavy atom. The second-order valence-corrected chi connectivity index (χ2v) is 11.8. The first-order valence-corrected chi connectivity index (χ1v) is 14.4. The predicted molar refractivity (Wildman–Crippen MR) is 176 cm³/mol. The predicted octanol–water partition coefficient (Wildman–Crippen LogP) is 10.3. The summed E-state index contributed by atoms with van der Waals surface area (Å²) in [6.45, 7) is 15.2. The van der Waals surface area contributed by atoms with Crippen LogP contribution in [0.3, 0.4) is 0 Å². The minimum absolute atomic E-state index is 0.316. The number of aromatic nitrogens is 3. The number of nitrogens with one attached hydrogen (secondary N) is 2. The number of pyridine rings is 1. The van der Waals surface area contributed by atoms with Crippen molar-refractivity contribution in [1.29, 1.82) is 0 Å². The van der Waals surface area contributed by atoms with Crippen molar-refractivity contribution < 1.29 is 0 Å². The van der Waals surface area contributed by atoms with Crippen molar-refractivity contribution in [2.24, 2.45) is 5.92 Å². The summed E-state index contributed by atoms with van der Waals surface area (Å²) in [5, 5.41) is 12.0. The number of hydrogen-bond donors (Lipinski definition) is 2. The van der Waals surface area contributed by atoms with E-state index in [1.165, 1.54) is 38.2 Å². The molecule has 0 saturated heterocycles. The molecule has 4 heteroatoms. The number of hydrogen-bond acceptors (Lipinski definition) is 3. The Morgan fingerprint density at radius 1 is 0.732 bits per heavy atom. The van der Waals surface area contributed by atoms with E-state index in [1.807, 2.05) is 12.3 Å². The van der Waals surface area contributed by atoms with Crippen molar-refractivity contribution in [2.45, 2.75) is 40.5 Å². The topological polar surface area (TPSA) is 53.6 Å². The summed E-state index contributed by atoms with van der Waals surface area (Å²) in [5.74, 6) is 1.66. The Kier molecular flexibility index (Phi) is 5.83. The van der Waals surface area contributed by atoms with E-state index in [0.717, 1.165) is 49.9 Å². The smallest absolute Gasteiger partial charge is 0.109 e. The van der Waals surface area contributed by atoms with Crippen molar-refractivity contribution >= 4 is 59.9 Å². The Labute approximate surface area is 240 Å². The van der Waals surface area contributed by atoms with Crippen LogP contribution in [0, 0.1) is 12.8 Å². The third-order valence-electron chi connectivity index (χ3n) is 8.48. The van der Waals surface area contributed by atoms with E-state index in [2.05, 4.69) is 118 Å². The second kappa shape index (κ2) is 9.45. The largest absolute Gasteiger partial charge is 0.358 e. The highest BCUT2D eigenvalue weighted by Crippen LogP contribution is 2.40. The maximum atomic E-state index is 4.97. The molecule has 202 valence electrons. The van der Waals surface area contributed by atoms with Crippen LogP contribution in [0.4, 0.5) is 5.69 Å². The average molecular weight is 535 g/mol. The van der Waals surface area contributed by atoms with Gasteiger partial charge in [-0.15, -0.1) is 0 Å². The third kappa shape index (κ3) is 3.97. The van der Waals surface area contributed by atoms with Crippen LogP contribution < -0.4 is 5.32 Å². The number of anilines is 1. The lowest BCUT2D eigenvalue weighted by molar-refractivity contribution is 0.778. The van der Waals surface area contributed by atoms with Gasteiger partial charge in [-0.05, 0) is 70.0 Å². The van der Waals surface area contributed by atoms with Crippen LogP contribution in [0.25, 0.3) is 65.4 Å². The molecular formula is C37H34N4. The minimum Gasteiger partial charge on any atom is -0.358 e. The molecule has 0 fully saturated rings. The Bertz CT molecular complexity index is 2160. The van der Waals surface area contributed by atoms with E-state index in [-0.39, 0.29) is 0 Å². The molecule has 0 aliphatic heterocycles. The van der Waals surface area contributed by atoms with Crippen LogP contribution in [0.2, 0.25) is 0 Å². The van der Waals surface area contributed by atoms with Gasteiger partial charge in [-0.3, -0.25) is 4.98 Å². The molecule has 0 saturated carbocycles. The number of fused-ring (bicyclic) bond motifs is 9. The number of H-pyrrole nitrogens is 1. The number of nitrogens with zero attached hydrogens (tertiary/aromatic N) is 2. The molecule has 0 amide bonds. The second-order valence-electron chi connectivity index (χ2n) is 11.8. The highest BCUT2D eigenvalue weighted by molar-refractivity contribution is 6.23. The van der Waals surface area contributed by atoms with Crippen molar-refractivity contribution in [3.8, 4) is 11.1 Å². The molecule has 7 rings (SSSR count). The highest BCUT2D eigenvalue weighted by atomic mass is 14.9. The fourth-order valence-corrected chi connectivity index (χ4v) is 6.02. The van der Waals surface area contributed by atoms with Gasteiger partial charge in [-0.25, -0.2) is 4.98 Å². The number of aryl methyl sites for hydroxylation is 1. The lowest BCUT2D eigenvalue weighted by Crippen LogP contribution is -2.06. The molecule has 7 aromatic rings. The molecule has 2 heterocycles. The average Bonchev–Trinajstić information content (AvgIpc) is 3.45. The third-order valence-corrected chi connectivity index (χ3v) is 8.48. The van der Waals surface area contributed by atoms with E-state index in [0.29, 0.717) is 11.8 Å². The SMILES string of the molecule is C=C(Nc1c(C)c2ccccc2c2cc(-c3ccc4c(c3)c3ncccc3c3nc(C(C)C)[nH]c43)ccc12)C(C)C. The van der Waals surface area contributed by atoms with Crippen molar-refractivity contribution in [1.82, 2.24) is 15.0 Å². The van der Waals surface area contributed by atoms with Crippen LogP contribution in [0.15, 0.2) is 91.3 Å². The molecule has 4 nitrogen and oxygen atoms in total. The summed E-state index contributed by atoms with van der Waals surface area (Å²) in [4.78, 5) is 13.4. The van der Waals surface area contributed by atoms with Crippen LogP contribution in [-0.4, -0.2) is 15.0 Å². The Hall–Kier alpha value is -4.70. The van der Waals surface area contributed by atoms with Crippen LogP contribution in [0.1, 0.15) is 45.0 Å². The van der Waals surface area contributed by atoms with E-state index < -0.39 is 0 Å². The van der Waals surface area contributed by atoms with Crippen LogP contribution in [-0.2, 0) is 0 Å². The van der Waals surface area contributed by atoms with Gasteiger partial charge < -0.3 is 10.3 Å². The molecule has 2 aromatic heterocycles. The van der Waals surface area contributed by atoms with Crippen molar-refractivity contribution in [3.05, 3.63) is 103 Å². The van der Waals surface area contributed by atoms with Gasteiger partial charge >= 0.3 is 0 Å². The quantitative estimate of drug-likeness (QED) is 0.216. The van der Waals surface area contributed by atoms with Crippen molar-refractivity contribution in [3.63, 3.8) is 0 Å². The van der Waals surface area contributed by atoms with Gasteiger partial charge in [-0.2, -0.15) is 0 Å². The number of rotatable bonds is 5. The van der Waals surface area contributed by atoms with E-state index in [9.17, 15) is 0 Å². The summed E-state index contributed by atoms with van der Waals surface area (Å²) in [6, 6.07) is 26.4. The maximum Gasteiger partial charge on any atom is 0.109 e. The molecular weight excluding hydrogens is 500 g/mol. The highest BCUT2D eigenvalue weighted by Gasteiger charge is 2.17. The lowest BCUT2D eigenvalue weighted by atomic mass is 9.92. The van der Waals surface area contributed by atoms with Gasteiger partial charge in [0.2, 0.25) is 0 Å². The zero-order chi connectivity index (χ0) is 28.4. The zero-order valence-electron chi connectivity index (χ0n) is 24.3. The molecule has 0 spiro atoms. The summed E-state index contributed by atoms with van der Waals surface area (Å²) >= 11 is 0. The van der Waals surface area contributed by atoms with Gasteiger partial charge in [0, 0.05) is 45.0 Å². The normalized spacial score (nSPS) is 12.1. The van der Waals surface area contributed by atoms with Crippen molar-refractivity contribution in [2.75, 3.05) is 5.32 Å². The fraction of sp³-hybridized carbons (Fsp3) is 0.189. The molecule has 5 aromatic carbocycles. The number of imidazole rings is 1. The number of allylic oxidation sites excluding steroid dienone is 1. The zero-order valence-corrected chi connectivity index (χ0v) is 24.3. The van der Waals surface area contributed by atoms with Gasteiger partial charge in [-0.1, -0.05) is 82.8 Å². The Balaban J connectivity index is 1.48. The standard InChI is InChI=1S/C37H34N4/c1-20(2)23(6)39-33-22(5)26-10-7-8-11-27(26)31-18-24(13-15-28(31)33)25-14-16-29-32(19-25)34-30(12-9-17-38-34)36-35(29)40-37(41-36)21(3)4/h7-21,39H,6H2,1-5H3,(H,40,41). The first-order valence-electron chi connectivity index (χ1n) is 14.4. The van der Waals surface area contributed by atoms with E-state index in [1.54, 1.807) is 0 Å². The summed E-state index contributed by atoms with van der Waals surface area (Å²) in [5.41, 5.74) is 8.81. The molecule has 0 radical (unpaired) electrons. The molecule has 2 N–H and O–H groups in total. The molecule has 0 aliphatic carbocycles. The summed E-state index contributed by atoms with van der Waals surface area (Å²) < 4.78 is 0. The van der Waals surface area contributed by atoms with E-state index in [4.69, 9.17) is 9.97 Å². The molecule has 0 bridgehead atoms. The lowest BCUT2D eigenvalue weighted by Gasteiger charge is -2.20. The Morgan fingerprint density at radius 2 is 1.41 bits per heavy atom. The fourth-order valence-electron chi connectivity index (χ4n) is 6.02. The van der Waals surface area contributed by atoms with Gasteiger partial charge in [0.25, 0.3) is 0 Å². The maximum absolute atomic E-state index is 4.97. The summed E-state index contributed by atoms with van der Waals surface area (Å²) in [6.07, 6.45) is 1.88. The number of benzene rings is 5. The molecule has 0 atom stereocenters. The summed E-state index contributed by atoms with van der Waals surface area (Å²) in [7, 11) is 0. The van der Waals surface area contributed by atoms with Crippen LogP contribution >= 0.6 is 0 Å². The minimum atomic E-state index is 0.316. The van der Waals surface area contributed by atoms with Gasteiger partial charge in [0.1, 0.15) is 5.82 Å². The van der Waals surface area contributed by atoms with Crippen LogP contribution in [0.5, 0.6) is 0 Å².